The van der Waals surface area contributed by atoms with E-state index in [1.807, 2.05) is 0 Å². The summed E-state index contributed by atoms with van der Waals surface area (Å²) >= 11 is 0. The number of pyridine rings is 1. The van der Waals surface area contributed by atoms with Crippen LogP contribution in [0.15, 0.2) is 36.7 Å². The molecule has 1 aromatic carbocycles. The zero-order chi connectivity index (χ0) is 27.3. The van der Waals surface area contributed by atoms with Crippen molar-refractivity contribution in [2.75, 3.05) is 4.90 Å². The molecule has 3 aromatic rings. The second-order valence-electron chi connectivity index (χ2n) is 11.0. The first kappa shape index (κ1) is 26.1. The molecule has 3 fully saturated rings. The molecule has 6 radical (unpaired) electrons. The van der Waals surface area contributed by atoms with Crippen LogP contribution in [0.4, 0.5) is 14.6 Å². The molecule has 3 aliphatic rings. The zero-order valence-electron chi connectivity index (χ0n) is 21.4. The van der Waals surface area contributed by atoms with Crippen LogP contribution in [0.5, 0.6) is 11.6 Å². The fourth-order valence-corrected chi connectivity index (χ4v) is 6.15. The molecular formula is C27H26B3F2N5O2. The summed E-state index contributed by atoms with van der Waals surface area (Å²) in [6.07, 6.45) is 8.74. The lowest BCUT2D eigenvalue weighted by Gasteiger charge is -2.46. The number of aromatic hydroxyl groups is 1. The second kappa shape index (κ2) is 10.1. The number of rotatable bonds is 7. The highest BCUT2D eigenvalue weighted by Gasteiger charge is 2.46. The smallest absolute Gasteiger partial charge is 0.212 e. The molecular weight excluding hydrogens is 497 g/mol. The number of phenols is 1. The van der Waals surface area contributed by atoms with Gasteiger partial charge in [-0.3, -0.25) is 0 Å². The van der Waals surface area contributed by atoms with E-state index in [0.29, 0.717) is 22.9 Å². The van der Waals surface area contributed by atoms with E-state index in [0.717, 1.165) is 44.7 Å². The number of phenolic OH excluding ortho intramolecular Hbond substituents is 1. The van der Waals surface area contributed by atoms with Gasteiger partial charge in [-0.05, 0) is 66.9 Å². The van der Waals surface area contributed by atoms with Gasteiger partial charge < -0.3 is 14.7 Å². The molecule has 7 nitrogen and oxygen atoms in total. The van der Waals surface area contributed by atoms with Gasteiger partial charge in [0.25, 0.3) is 0 Å². The first-order valence-electron chi connectivity index (χ1n) is 13.3. The number of benzene rings is 1. The van der Waals surface area contributed by atoms with E-state index in [1.54, 1.807) is 18.3 Å². The molecule has 0 unspecified atom stereocenters. The minimum absolute atomic E-state index is 0.0806. The number of nitrogens with zero attached hydrogens (tertiary/aromatic N) is 5. The Kier molecular flexibility index (Phi) is 6.75. The first-order valence-corrected chi connectivity index (χ1v) is 13.3. The third-order valence-electron chi connectivity index (χ3n) is 7.99. The van der Waals surface area contributed by atoms with Crippen LogP contribution in [-0.2, 0) is 0 Å². The highest BCUT2D eigenvalue weighted by molar-refractivity contribution is 6.58. The van der Waals surface area contributed by atoms with Gasteiger partial charge in [0.2, 0.25) is 5.88 Å². The van der Waals surface area contributed by atoms with E-state index >= 15 is 4.39 Å². The van der Waals surface area contributed by atoms with Crippen LogP contribution in [-0.4, -0.2) is 72.4 Å². The molecule has 0 spiro atoms. The van der Waals surface area contributed by atoms with Gasteiger partial charge in [-0.2, -0.15) is 0 Å². The summed E-state index contributed by atoms with van der Waals surface area (Å²) < 4.78 is 35.2. The lowest BCUT2D eigenvalue weighted by Crippen LogP contribution is -2.52. The molecule has 3 aliphatic carbocycles. The SMILES string of the molecule is [B]C([B])([B])Oc1cc(-c2ccc(-c3ncc(N(C4CC4)[C@H]4C[C@@H]5CCC[C@@H](C5)[C@H]4F)nn3)c(O)c2)c(F)cn1. The summed E-state index contributed by atoms with van der Waals surface area (Å²) in [6, 6.07) is 5.87. The largest absolute Gasteiger partial charge is 0.507 e. The van der Waals surface area contributed by atoms with Gasteiger partial charge in [0.05, 0.1) is 24.0 Å². The van der Waals surface area contributed by atoms with Gasteiger partial charge in [-0.15, -0.1) is 10.2 Å². The van der Waals surface area contributed by atoms with Crippen molar-refractivity contribution in [1.82, 2.24) is 20.2 Å². The predicted molar refractivity (Wildman–Crippen MR) is 145 cm³/mol. The van der Waals surface area contributed by atoms with Crippen LogP contribution >= 0.6 is 0 Å². The van der Waals surface area contributed by atoms with Crippen LogP contribution < -0.4 is 9.64 Å². The third-order valence-corrected chi connectivity index (χ3v) is 7.99. The van der Waals surface area contributed by atoms with Crippen LogP contribution in [0, 0.1) is 17.7 Å². The fourth-order valence-electron chi connectivity index (χ4n) is 6.15. The molecule has 12 heteroatoms. The van der Waals surface area contributed by atoms with Crippen molar-refractivity contribution in [3.63, 3.8) is 0 Å². The van der Waals surface area contributed by atoms with Gasteiger partial charge in [-0.25, -0.2) is 18.7 Å². The lowest BCUT2D eigenvalue weighted by molar-refractivity contribution is 0.0631. The van der Waals surface area contributed by atoms with Gasteiger partial charge in [0.1, 0.15) is 41.3 Å². The molecule has 4 atom stereocenters. The lowest BCUT2D eigenvalue weighted by atomic mass is 9.52. The molecule has 194 valence electrons. The zero-order valence-corrected chi connectivity index (χ0v) is 21.4. The highest BCUT2D eigenvalue weighted by Crippen LogP contribution is 2.46. The van der Waals surface area contributed by atoms with E-state index in [2.05, 4.69) is 25.1 Å². The molecule has 2 heterocycles. The number of hydrogen-bond acceptors (Lipinski definition) is 7. The first-order chi connectivity index (χ1) is 18.7. The summed E-state index contributed by atoms with van der Waals surface area (Å²) in [6.45, 7) is 0. The fraction of sp³-hybridized carbons (Fsp3) is 0.481. The summed E-state index contributed by atoms with van der Waals surface area (Å²) in [7, 11) is 16.3. The summed E-state index contributed by atoms with van der Waals surface area (Å²) in [5, 5.41) is 17.5. The maximum absolute atomic E-state index is 15.6. The topological polar surface area (TPSA) is 84.3 Å². The Balaban J connectivity index is 1.24. The van der Waals surface area contributed by atoms with Crippen LogP contribution in [0.1, 0.15) is 44.9 Å². The molecule has 2 bridgehead atoms. The number of fused-ring (bicyclic) bond motifs is 2. The molecule has 0 amide bonds. The minimum Gasteiger partial charge on any atom is -0.507 e. The molecule has 3 saturated carbocycles. The average Bonchev–Trinajstić information content (AvgIpc) is 3.73. The van der Waals surface area contributed by atoms with Gasteiger partial charge in [0, 0.05) is 17.7 Å². The Morgan fingerprint density at radius 3 is 2.49 bits per heavy atom. The average molecular weight is 523 g/mol. The van der Waals surface area contributed by atoms with Crippen molar-refractivity contribution in [1.29, 1.82) is 0 Å². The van der Waals surface area contributed by atoms with E-state index in [-0.39, 0.29) is 41.0 Å². The molecule has 6 rings (SSSR count). The van der Waals surface area contributed by atoms with Crippen molar-refractivity contribution in [3.8, 4) is 34.1 Å². The van der Waals surface area contributed by atoms with Crippen LogP contribution in [0.2, 0.25) is 0 Å². The van der Waals surface area contributed by atoms with Gasteiger partial charge in [-0.1, -0.05) is 18.9 Å². The van der Waals surface area contributed by atoms with Crippen LogP contribution in [0.3, 0.4) is 0 Å². The number of alkyl halides is 1. The number of hydrogen-bond donors (Lipinski definition) is 1. The number of ether oxygens (including phenoxy) is 1. The Morgan fingerprint density at radius 1 is 0.974 bits per heavy atom. The van der Waals surface area contributed by atoms with E-state index in [9.17, 15) is 9.50 Å². The molecule has 1 N–H and O–H groups in total. The Hall–Kier alpha value is -3.17. The van der Waals surface area contributed by atoms with E-state index in [1.165, 1.54) is 18.6 Å². The second-order valence-corrected chi connectivity index (χ2v) is 11.0. The van der Waals surface area contributed by atoms with Crippen molar-refractivity contribution in [2.24, 2.45) is 11.8 Å². The Labute approximate surface area is 230 Å². The van der Waals surface area contributed by atoms with E-state index < -0.39 is 17.3 Å². The monoisotopic (exact) mass is 523 g/mol. The molecule has 0 aliphatic heterocycles. The maximum atomic E-state index is 15.6. The summed E-state index contributed by atoms with van der Waals surface area (Å²) in [5.74, 6) is 0.551. The number of halogens is 2. The van der Waals surface area contributed by atoms with Gasteiger partial charge in [0.15, 0.2) is 11.6 Å². The number of anilines is 1. The summed E-state index contributed by atoms with van der Waals surface area (Å²) in [5.41, 5.74) is 0.764. The van der Waals surface area contributed by atoms with Crippen molar-refractivity contribution in [2.45, 2.75) is 68.5 Å². The van der Waals surface area contributed by atoms with Crippen molar-refractivity contribution < 1.29 is 18.6 Å². The molecule has 0 saturated heterocycles. The summed E-state index contributed by atoms with van der Waals surface area (Å²) in [4.78, 5) is 10.3. The standard InChI is InChI=1S/C27H26B3F2N5O2/c28-27(29,30)39-24-11-19(20(31)12-33-24)15-4-7-18(22(38)10-15)26-34-13-23(35-36-26)37(17-5-6-17)21-9-14-2-1-3-16(8-14)25(21)32/h4,7,10-14,16-17,21,25,38H,1-3,5-6,8-9H2/t14-,16+,21+,25-/m1/s1. The molecule has 2 aromatic heterocycles. The van der Waals surface area contributed by atoms with Crippen LogP contribution in [0.25, 0.3) is 22.5 Å². The maximum Gasteiger partial charge on any atom is 0.212 e. The Bertz CT molecular complexity index is 1360. The van der Waals surface area contributed by atoms with E-state index in [4.69, 9.17) is 28.3 Å². The minimum atomic E-state index is -1.99. The predicted octanol–water partition coefficient (Wildman–Crippen LogP) is 3.83. The molecule has 39 heavy (non-hydrogen) atoms. The Morgan fingerprint density at radius 2 is 1.79 bits per heavy atom. The van der Waals surface area contributed by atoms with Crippen molar-refractivity contribution >= 4 is 29.4 Å². The highest BCUT2D eigenvalue weighted by atomic mass is 19.1. The van der Waals surface area contributed by atoms with Crippen molar-refractivity contribution in [3.05, 3.63) is 42.5 Å². The quantitative estimate of drug-likeness (QED) is 0.472. The normalized spacial score (nSPS) is 24.8. The third kappa shape index (κ3) is 5.47. The van der Waals surface area contributed by atoms with Gasteiger partial charge >= 0.3 is 0 Å². The number of aromatic nitrogens is 4.